The molecule has 0 aliphatic heterocycles. The maximum Gasteiger partial charge on any atom is 0.124 e. The number of aliphatic hydroxyl groups excluding tert-OH is 1. The molecule has 1 N–H and O–H groups in total. The van der Waals surface area contributed by atoms with Gasteiger partial charge in [0.2, 0.25) is 0 Å². The van der Waals surface area contributed by atoms with E-state index in [-0.39, 0.29) is 0 Å². The van der Waals surface area contributed by atoms with E-state index < -0.39 is 6.10 Å². The topological polar surface area (TPSA) is 47.3 Å². The number of hydrogen-bond donors (Lipinski definition) is 1. The van der Waals surface area contributed by atoms with E-state index in [0.717, 1.165) is 16.6 Å². The van der Waals surface area contributed by atoms with E-state index >= 15 is 0 Å². The van der Waals surface area contributed by atoms with E-state index in [9.17, 15) is 5.11 Å². The van der Waals surface area contributed by atoms with Crippen LogP contribution in [0.3, 0.4) is 0 Å². The number of imidazole rings is 1. The van der Waals surface area contributed by atoms with Crippen molar-refractivity contribution in [3.05, 3.63) is 60.4 Å². The lowest BCUT2D eigenvalue weighted by atomic mass is 10.1. The van der Waals surface area contributed by atoms with Gasteiger partial charge in [-0.3, -0.25) is 0 Å². The molecule has 20 heavy (non-hydrogen) atoms. The van der Waals surface area contributed by atoms with Crippen molar-refractivity contribution < 1.29 is 9.84 Å². The Hall–Kier alpha value is -2.33. The molecule has 102 valence electrons. The number of rotatable bonds is 4. The van der Waals surface area contributed by atoms with Gasteiger partial charge < -0.3 is 14.4 Å². The fourth-order valence-corrected chi connectivity index (χ4v) is 2.38. The summed E-state index contributed by atoms with van der Waals surface area (Å²) >= 11 is 0. The van der Waals surface area contributed by atoms with Crippen molar-refractivity contribution in [2.75, 3.05) is 7.11 Å². The van der Waals surface area contributed by atoms with Crippen LogP contribution in [0.2, 0.25) is 0 Å². The van der Waals surface area contributed by atoms with E-state index in [2.05, 4.69) is 4.98 Å². The van der Waals surface area contributed by atoms with Gasteiger partial charge in [0, 0.05) is 5.56 Å². The van der Waals surface area contributed by atoms with Crippen LogP contribution in [0.5, 0.6) is 5.75 Å². The third kappa shape index (κ3) is 2.26. The predicted molar refractivity (Wildman–Crippen MR) is 77.7 cm³/mol. The third-order valence-corrected chi connectivity index (χ3v) is 3.39. The molecular weight excluding hydrogens is 252 g/mol. The molecule has 1 atom stereocenters. The minimum Gasteiger partial charge on any atom is -0.496 e. The predicted octanol–water partition coefficient (Wildman–Crippen LogP) is 2.78. The molecule has 0 unspecified atom stereocenters. The number of hydrogen-bond acceptors (Lipinski definition) is 3. The summed E-state index contributed by atoms with van der Waals surface area (Å²) in [5.74, 6) is 0.699. The van der Waals surface area contributed by atoms with Gasteiger partial charge in [-0.15, -0.1) is 0 Å². The molecule has 1 aromatic heterocycles. The number of aliphatic hydroxyl groups is 1. The zero-order valence-corrected chi connectivity index (χ0v) is 11.2. The molecule has 0 aliphatic carbocycles. The standard InChI is InChI=1S/C16H16N2O2/c1-20-16-9-5-2-6-12(16)15(19)10-18-11-17-13-7-3-4-8-14(13)18/h2-9,11,15,19H,10H2,1H3/t15-/m0/s1. The molecule has 4 nitrogen and oxygen atoms in total. The fourth-order valence-electron chi connectivity index (χ4n) is 2.38. The number of para-hydroxylation sites is 3. The van der Waals surface area contributed by atoms with E-state index in [1.54, 1.807) is 13.4 Å². The molecule has 0 saturated heterocycles. The Morgan fingerprint density at radius 2 is 1.90 bits per heavy atom. The van der Waals surface area contributed by atoms with Gasteiger partial charge in [0.15, 0.2) is 0 Å². The van der Waals surface area contributed by atoms with Gasteiger partial charge in [-0.25, -0.2) is 4.98 Å². The lowest BCUT2D eigenvalue weighted by Gasteiger charge is -2.15. The molecule has 3 rings (SSSR count). The van der Waals surface area contributed by atoms with Crippen molar-refractivity contribution in [3.8, 4) is 5.75 Å². The summed E-state index contributed by atoms with van der Waals surface area (Å²) in [5, 5.41) is 10.4. The molecule has 0 saturated carbocycles. The zero-order chi connectivity index (χ0) is 13.9. The first kappa shape index (κ1) is 12.7. The summed E-state index contributed by atoms with van der Waals surface area (Å²) in [6.07, 6.45) is 1.12. The number of aromatic nitrogens is 2. The van der Waals surface area contributed by atoms with E-state index in [4.69, 9.17) is 4.74 Å². The number of methoxy groups -OCH3 is 1. The second kappa shape index (κ2) is 5.35. The van der Waals surface area contributed by atoms with Gasteiger partial charge in [0.25, 0.3) is 0 Å². The Balaban J connectivity index is 1.90. The molecule has 0 fully saturated rings. The Labute approximate surface area is 117 Å². The normalized spacial score (nSPS) is 12.5. The van der Waals surface area contributed by atoms with Crippen LogP contribution in [-0.2, 0) is 6.54 Å². The molecule has 0 spiro atoms. The molecule has 0 bridgehead atoms. The zero-order valence-electron chi connectivity index (χ0n) is 11.2. The third-order valence-electron chi connectivity index (χ3n) is 3.39. The van der Waals surface area contributed by atoms with Crippen LogP contribution in [0.15, 0.2) is 54.9 Å². The van der Waals surface area contributed by atoms with Crippen molar-refractivity contribution in [3.63, 3.8) is 0 Å². The number of ether oxygens (including phenoxy) is 1. The summed E-state index contributed by atoms with van der Waals surface area (Å²) in [5.41, 5.74) is 2.73. The number of nitrogens with zero attached hydrogens (tertiary/aromatic N) is 2. The van der Waals surface area contributed by atoms with Crippen LogP contribution in [0, 0.1) is 0 Å². The summed E-state index contributed by atoms with van der Waals surface area (Å²) < 4.78 is 7.24. The second-order valence-corrected chi connectivity index (χ2v) is 4.64. The monoisotopic (exact) mass is 268 g/mol. The van der Waals surface area contributed by atoms with Gasteiger partial charge in [0.05, 0.1) is 31.0 Å². The van der Waals surface area contributed by atoms with Crippen molar-refractivity contribution >= 4 is 11.0 Å². The van der Waals surface area contributed by atoms with Crippen LogP contribution >= 0.6 is 0 Å². The van der Waals surface area contributed by atoms with Crippen LogP contribution in [-0.4, -0.2) is 21.8 Å². The second-order valence-electron chi connectivity index (χ2n) is 4.64. The Morgan fingerprint density at radius 1 is 1.15 bits per heavy atom. The van der Waals surface area contributed by atoms with Gasteiger partial charge in [-0.1, -0.05) is 30.3 Å². The van der Waals surface area contributed by atoms with Crippen molar-refractivity contribution in [2.45, 2.75) is 12.6 Å². The Morgan fingerprint density at radius 3 is 2.75 bits per heavy atom. The van der Waals surface area contributed by atoms with Gasteiger partial charge in [-0.05, 0) is 18.2 Å². The average Bonchev–Trinajstić information content (AvgIpc) is 2.90. The minimum atomic E-state index is -0.635. The molecule has 0 aliphatic rings. The molecule has 3 aromatic rings. The SMILES string of the molecule is COc1ccccc1[C@@H](O)Cn1cnc2ccccc21. The van der Waals surface area contributed by atoms with E-state index in [0.29, 0.717) is 12.3 Å². The van der Waals surface area contributed by atoms with E-state index in [1.807, 2.05) is 53.1 Å². The smallest absolute Gasteiger partial charge is 0.124 e. The van der Waals surface area contributed by atoms with Crippen LogP contribution in [0.25, 0.3) is 11.0 Å². The van der Waals surface area contributed by atoms with Crippen molar-refractivity contribution in [1.82, 2.24) is 9.55 Å². The van der Waals surface area contributed by atoms with Crippen LogP contribution in [0.4, 0.5) is 0 Å². The largest absolute Gasteiger partial charge is 0.496 e. The number of benzene rings is 2. The Kier molecular flexibility index (Phi) is 3.39. The lowest BCUT2D eigenvalue weighted by Crippen LogP contribution is -2.09. The molecular formula is C16H16N2O2. The number of fused-ring (bicyclic) bond motifs is 1. The average molecular weight is 268 g/mol. The first-order valence-electron chi connectivity index (χ1n) is 6.50. The molecule has 2 aromatic carbocycles. The highest BCUT2D eigenvalue weighted by Gasteiger charge is 2.14. The van der Waals surface area contributed by atoms with Gasteiger partial charge in [-0.2, -0.15) is 0 Å². The molecule has 0 radical (unpaired) electrons. The fraction of sp³-hybridized carbons (Fsp3) is 0.188. The highest BCUT2D eigenvalue weighted by Crippen LogP contribution is 2.26. The lowest BCUT2D eigenvalue weighted by molar-refractivity contribution is 0.154. The van der Waals surface area contributed by atoms with Gasteiger partial charge >= 0.3 is 0 Å². The highest BCUT2D eigenvalue weighted by atomic mass is 16.5. The van der Waals surface area contributed by atoms with Gasteiger partial charge in [0.1, 0.15) is 11.9 Å². The molecule has 1 heterocycles. The summed E-state index contributed by atoms with van der Waals surface area (Å²) in [7, 11) is 1.61. The summed E-state index contributed by atoms with van der Waals surface area (Å²) in [6.45, 7) is 0.445. The van der Waals surface area contributed by atoms with Crippen LogP contribution in [0.1, 0.15) is 11.7 Å². The van der Waals surface area contributed by atoms with Crippen molar-refractivity contribution in [1.29, 1.82) is 0 Å². The quantitative estimate of drug-likeness (QED) is 0.791. The maximum absolute atomic E-state index is 10.4. The summed E-state index contributed by atoms with van der Waals surface area (Å²) in [4.78, 5) is 4.33. The summed E-state index contributed by atoms with van der Waals surface area (Å²) in [6, 6.07) is 15.4. The highest BCUT2D eigenvalue weighted by molar-refractivity contribution is 5.74. The maximum atomic E-state index is 10.4. The van der Waals surface area contributed by atoms with Crippen molar-refractivity contribution in [2.24, 2.45) is 0 Å². The first-order chi connectivity index (χ1) is 9.79. The minimum absolute atomic E-state index is 0.445. The first-order valence-corrected chi connectivity index (χ1v) is 6.50. The Bertz CT molecular complexity index is 721. The van der Waals surface area contributed by atoms with Crippen LogP contribution < -0.4 is 4.74 Å². The molecule has 0 amide bonds. The molecule has 4 heteroatoms. The van der Waals surface area contributed by atoms with E-state index in [1.165, 1.54) is 0 Å².